The lowest BCUT2D eigenvalue weighted by atomic mass is 9.99. The van der Waals surface area contributed by atoms with Crippen LogP contribution in [0.4, 0.5) is 0 Å². The minimum atomic E-state index is -1.57. The average Bonchev–Trinajstić information content (AvgIpc) is 3.11. The van der Waals surface area contributed by atoms with Crippen LogP contribution in [-0.2, 0) is 14.3 Å². The van der Waals surface area contributed by atoms with Crippen molar-refractivity contribution in [3.8, 4) is 0 Å². The number of aliphatic hydroxyl groups is 5. The summed E-state index contributed by atoms with van der Waals surface area (Å²) in [6.07, 6.45) is 25.8. The van der Waals surface area contributed by atoms with Crippen molar-refractivity contribution in [2.24, 2.45) is 0 Å². The summed E-state index contributed by atoms with van der Waals surface area (Å²) in [4.78, 5) is 12.9. The van der Waals surface area contributed by atoms with Gasteiger partial charge in [-0.05, 0) is 39.0 Å². The number of hydrogen-bond donors (Lipinski definition) is 6. The van der Waals surface area contributed by atoms with Crippen molar-refractivity contribution in [1.29, 1.82) is 0 Å². The molecule has 0 spiro atoms. The Morgan fingerprint density at radius 3 is 1.74 bits per heavy atom. The summed E-state index contributed by atoms with van der Waals surface area (Å²) < 4.78 is 11.2. The molecule has 50 heavy (non-hydrogen) atoms. The Morgan fingerprint density at radius 1 is 0.720 bits per heavy atom. The van der Waals surface area contributed by atoms with E-state index in [0.29, 0.717) is 6.42 Å². The second kappa shape index (κ2) is 31.2. The van der Waals surface area contributed by atoms with Crippen molar-refractivity contribution in [3.63, 3.8) is 0 Å². The Bertz CT molecular complexity index is 866. The summed E-state index contributed by atoms with van der Waals surface area (Å²) in [7, 11) is 0. The molecule has 0 aliphatic carbocycles. The van der Waals surface area contributed by atoms with Crippen LogP contribution in [0.15, 0.2) is 23.8 Å². The fourth-order valence-corrected chi connectivity index (χ4v) is 6.47. The smallest absolute Gasteiger partial charge is 0.220 e. The molecule has 5 unspecified atom stereocenters. The van der Waals surface area contributed by atoms with Crippen molar-refractivity contribution in [2.45, 2.75) is 218 Å². The van der Waals surface area contributed by atoms with Gasteiger partial charge in [-0.1, -0.05) is 153 Å². The molecule has 0 aromatic heterocycles. The second-order valence-corrected chi connectivity index (χ2v) is 14.6. The van der Waals surface area contributed by atoms with E-state index in [1.54, 1.807) is 6.08 Å². The zero-order valence-electron chi connectivity index (χ0n) is 32.1. The van der Waals surface area contributed by atoms with E-state index in [9.17, 15) is 30.3 Å². The van der Waals surface area contributed by atoms with Crippen LogP contribution in [0.25, 0.3) is 0 Å². The number of hydrogen-bond acceptors (Lipinski definition) is 8. The van der Waals surface area contributed by atoms with Gasteiger partial charge in [0.25, 0.3) is 0 Å². The number of allylic oxidation sites excluding steroid dienone is 3. The Labute approximate surface area is 305 Å². The summed E-state index contributed by atoms with van der Waals surface area (Å²) in [5, 5.41) is 54.0. The predicted octanol–water partition coefficient (Wildman–Crippen LogP) is 7.55. The molecule has 9 nitrogen and oxygen atoms in total. The SMILES string of the molecule is CCCCCCCCCCCCCCCC(=O)N[C@@H](COC1OC(CO)C(O)C(O)C1O)[C@H](O)/C=C/CC/C=C(\C)CCCCCCCCC. The number of carbonyl (C=O) groups excluding carboxylic acids is 1. The van der Waals surface area contributed by atoms with Crippen LogP contribution in [0.2, 0.25) is 0 Å². The van der Waals surface area contributed by atoms with Gasteiger partial charge < -0.3 is 40.3 Å². The van der Waals surface area contributed by atoms with Crippen LogP contribution in [0.5, 0.6) is 0 Å². The molecular formula is C41H77NO8. The predicted molar refractivity (Wildman–Crippen MR) is 203 cm³/mol. The lowest BCUT2D eigenvalue weighted by Crippen LogP contribution is -2.60. The van der Waals surface area contributed by atoms with Crippen LogP contribution >= 0.6 is 0 Å². The molecule has 1 aliphatic rings. The molecule has 294 valence electrons. The second-order valence-electron chi connectivity index (χ2n) is 14.6. The fraction of sp³-hybridized carbons (Fsp3) is 0.878. The van der Waals surface area contributed by atoms with Crippen LogP contribution in [0.1, 0.15) is 175 Å². The van der Waals surface area contributed by atoms with Crippen molar-refractivity contribution in [2.75, 3.05) is 13.2 Å². The molecule has 6 N–H and O–H groups in total. The zero-order valence-corrected chi connectivity index (χ0v) is 32.1. The van der Waals surface area contributed by atoms with Gasteiger partial charge in [0.1, 0.15) is 24.4 Å². The average molecular weight is 712 g/mol. The molecule has 9 heteroatoms. The molecule has 1 amide bonds. The van der Waals surface area contributed by atoms with Gasteiger partial charge in [0, 0.05) is 6.42 Å². The summed E-state index contributed by atoms with van der Waals surface area (Å²) in [5.41, 5.74) is 1.39. The quantitative estimate of drug-likeness (QED) is 0.0310. The molecule has 0 aromatic carbocycles. The highest BCUT2D eigenvalue weighted by atomic mass is 16.7. The minimum absolute atomic E-state index is 0.188. The van der Waals surface area contributed by atoms with Crippen LogP contribution in [-0.4, -0.2) is 87.5 Å². The van der Waals surface area contributed by atoms with Gasteiger partial charge in [0.15, 0.2) is 6.29 Å². The van der Waals surface area contributed by atoms with Gasteiger partial charge >= 0.3 is 0 Å². The Kier molecular flexibility index (Phi) is 29.2. The largest absolute Gasteiger partial charge is 0.394 e. The lowest BCUT2D eigenvalue weighted by Gasteiger charge is -2.40. The van der Waals surface area contributed by atoms with E-state index in [1.165, 1.54) is 115 Å². The first kappa shape index (κ1) is 46.7. The van der Waals surface area contributed by atoms with E-state index >= 15 is 0 Å². The van der Waals surface area contributed by atoms with E-state index < -0.39 is 49.5 Å². The number of nitrogens with one attached hydrogen (secondary N) is 1. The number of ether oxygens (including phenoxy) is 2. The molecule has 1 fully saturated rings. The molecule has 7 atom stereocenters. The molecule has 1 heterocycles. The van der Waals surface area contributed by atoms with Gasteiger partial charge in [-0.3, -0.25) is 4.79 Å². The molecule has 1 aliphatic heterocycles. The summed E-state index contributed by atoms with van der Waals surface area (Å²) in [6, 6.07) is -0.817. The molecule has 0 aromatic rings. The van der Waals surface area contributed by atoms with E-state index in [1.807, 2.05) is 6.08 Å². The molecule has 0 bridgehead atoms. The zero-order chi connectivity index (χ0) is 36.8. The third-order valence-corrected chi connectivity index (χ3v) is 9.89. The standard InChI is InChI=1S/C41H77NO8/c1-4-6-8-10-12-13-14-15-16-17-19-21-26-30-37(45)42-34(32-49-41-40(48)39(47)38(46)36(31-43)50-41)35(44)29-25-22-24-28-33(3)27-23-20-18-11-9-7-5-2/h25,28-29,34-36,38-41,43-44,46-48H,4-24,26-27,30-32H2,1-3H3,(H,42,45)/b29-25+,33-28+/t34-,35+,36?,38?,39?,40?,41?/m0/s1. The van der Waals surface area contributed by atoms with Crippen LogP contribution in [0, 0.1) is 0 Å². The maximum Gasteiger partial charge on any atom is 0.220 e. The highest BCUT2D eigenvalue weighted by Gasteiger charge is 2.44. The number of rotatable bonds is 32. The van der Waals surface area contributed by atoms with Crippen molar-refractivity contribution >= 4 is 5.91 Å². The van der Waals surface area contributed by atoms with Crippen molar-refractivity contribution in [3.05, 3.63) is 23.8 Å². The fourth-order valence-electron chi connectivity index (χ4n) is 6.47. The van der Waals surface area contributed by atoms with Crippen LogP contribution < -0.4 is 5.32 Å². The summed E-state index contributed by atoms with van der Waals surface area (Å²) in [5.74, 6) is -0.188. The van der Waals surface area contributed by atoms with Crippen LogP contribution in [0.3, 0.4) is 0 Å². The van der Waals surface area contributed by atoms with E-state index in [0.717, 1.165) is 38.5 Å². The maximum absolute atomic E-state index is 12.9. The van der Waals surface area contributed by atoms with Gasteiger partial charge in [-0.15, -0.1) is 0 Å². The normalized spacial score (nSPS) is 22.6. The van der Waals surface area contributed by atoms with Gasteiger partial charge in [0.2, 0.25) is 5.91 Å². The van der Waals surface area contributed by atoms with Gasteiger partial charge in [0.05, 0.1) is 25.4 Å². The molecule has 1 rings (SSSR count). The third kappa shape index (κ3) is 22.6. The van der Waals surface area contributed by atoms with E-state index in [-0.39, 0.29) is 12.5 Å². The minimum Gasteiger partial charge on any atom is -0.394 e. The first-order chi connectivity index (χ1) is 24.2. The van der Waals surface area contributed by atoms with E-state index in [4.69, 9.17) is 9.47 Å². The molecule has 0 saturated carbocycles. The molecule has 0 radical (unpaired) electrons. The molecule has 1 saturated heterocycles. The highest BCUT2D eigenvalue weighted by Crippen LogP contribution is 2.22. The Morgan fingerprint density at radius 2 is 1.22 bits per heavy atom. The van der Waals surface area contributed by atoms with Gasteiger partial charge in [-0.2, -0.15) is 0 Å². The van der Waals surface area contributed by atoms with Crippen molar-refractivity contribution < 1.29 is 39.8 Å². The third-order valence-electron chi connectivity index (χ3n) is 9.89. The highest BCUT2D eigenvalue weighted by molar-refractivity contribution is 5.76. The first-order valence-corrected chi connectivity index (χ1v) is 20.5. The Balaban J connectivity index is 2.51. The number of carbonyl (C=O) groups is 1. The Hall–Kier alpha value is -1.33. The summed E-state index contributed by atoms with van der Waals surface area (Å²) >= 11 is 0. The lowest BCUT2D eigenvalue weighted by molar-refractivity contribution is -0.302. The maximum atomic E-state index is 12.9. The molecular weight excluding hydrogens is 634 g/mol. The van der Waals surface area contributed by atoms with Gasteiger partial charge in [-0.25, -0.2) is 0 Å². The van der Waals surface area contributed by atoms with Crippen molar-refractivity contribution in [1.82, 2.24) is 5.32 Å². The first-order valence-electron chi connectivity index (χ1n) is 20.5. The van der Waals surface area contributed by atoms with E-state index in [2.05, 4.69) is 32.2 Å². The topological polar surface area (TPSA) is 149 Å². The number of aliphatic hydroxyl groups excluding tert-OH is 5. The monoisotopic (exact) mass is 712 g/mol. The number of unbranched alkanes of at least 4 members (excludes halogenated alkanes) is 19. The summed E-state index contributed by atoms with van der Waals surface area (Å²) in [6.45, 7) is 5.90. The number of amides is 1.